The van der Waals surface area contributed by atoms with Crippen LogP contribution in [0.2, 0.25) is 0 Å². The molecular weight excluding hydrogens is 432 g/mol. The van der Waals surface area contributed by atoms with E-state index < -0.39 is 18.0 Å². The number of aromatic nitrogens is 2. The van der Waals surface area contributed by atoms with E-state index in [4.69, 9.17) is 14.6 Å². The quantitative estimate of drug-likeness (QED) is 0.711. The van der Waals surface area contributed by atoms with Crippen molar-refractivity contribution in [1.82, 2.24) is 14.9 Å². The number of aliphatic carboxylic acids is 1. The van der Waals surface area contributed by atoms with Gasteiger partial charge in [0.15, 0.2) is 5.82 Å². The number of anilines is 1. The van der Waals surface area contributed by atoms with Gasteiger partial charge in [-0.05, 0) is 18.4 Å². The number of ether oxygens (including phenoxy) is 1. The molecule has 2 aliphatic rings. The number of rotatable bonds is 3. The van der Waals surface area contributed by atoms with E-state index in [0.717, 1.165) is 52.2 Å². The third kappa shape index (κ3) is 6.60. The zero-order valence-corrected chi connectivity index (χ0v) is 17.3. The number of hydrogen-bond acceptors (Lipinski definition) is 6. The van der Waals surface area contributed by atoms with Crippen LogP contribution in [0, 0.1) is 5.82 Å². The fourth-order valence-corrected chi connectivity index (χ4v) is 3.88. The van der Waals surface area contributed by atoms with Gasteiger partial charge in [-0.1, -0.05) is 30.3 Å². The van der Waals surface area contributed by atoms with Gasteiger partial charge < -0.3 is 14.7 Å². The van der Waals surface area contributed by atoms with Crippen molar-refractivity contribution < 1.29 is 32.2 Å². The summed E-state index contributed by atoms with van der Waals surface area (Å²) in [7, 11) is 0. The van der Waals surface area contributed by atoms with Crippen LogP contribution in [0.1, 0.15) is 18.4 Å². The lowest BCUT2D eigenvalue weighted by Gasteiger charge is -2.48. The Kier molecular flexibility index (Phi) is 7.62. The first kappa shape index (κ1) is 23.9. The molecule has 32 heavy (non-hydrogen) atoms. The minimum absolute atomic E-state index is 0.191. The molecule has 1 N–H and O–H groups in total. The van der Waals surface area contributed by atoms with E-state index in [1.165, 1.54) is 18.0 Å². The highest BCUT2D eigenvalue weighted by Gasteiger charge is 2.41. The molecule has 3 heterocycles. The zero-order valence-electron chi connectivity index (χ0n) is 17.3. The number of alkyl halides is 3. The Balaban J connectivity index is 0.000000360. The Labute approximate surface area is 182 Å². The monoisotopic (exact) mass is 456 g/mol. The summed E-state index contributed by atoms with van der Waals surface area (Å²) < 4.78 is 51.1. The van der Waals surface area contributed by atoms with Gasteiger partial charge in [-0.3, -0.25) is 4.90 Å². The summed E-state index contributed by atoms with van der Waals surface area (Å²) in [6.45, 7) is 5.17. The van der Waals surface area contributed by atoms with Gasteiger partial charge in [0, 0.05) is 26.2 Å². The number of morpholine rings is 1. The van der Waals surface area contributed by atoms with Gasteiger partial charge in [0.1, 0.15) is 0 Å². The van der Waals surface area contributed by atoms with E-state index in [-0.39, 0.29) is 5.60 Å². The maximum Gasteiger partial charge on any atom is 0.490 e. The summed E-state index contributed by atoms with van der Waals surface area (Å²) in [5, 5.41) is 7.12. The van der Waals surface area contributed by atoms with E-state index in [1.807, 2.05) is 6.07 Å². The molecule has 174 valence electrons. The highest BCUT2D eigenvalue weighted by atomic mass is 19.4. The number of benzene rings is 1. The van der Waals surface area contributed by atoms with Crippen molar-refractivity contribution in [2.24, 2.45) is 0 Å². The SMILES string of the molecule is Fc1cnc(N2CCCC3(CN(Cc4ccccc4)CCO3)C2)nc1.O=C(O)C(F)(F)F. The van der Waals surface area contributed by atoms with E-state index in [0.29, 0.717) is 5.95 Å². The van der Waals surface area contributed by atoms with Crippen molar-refractivity contribution in [3.63, 3.8) is 0 Å². The number of halogens is 4. The van der Waals surface area contributed by atoms with Gasteiger partial charge in [-0.2, -0.15) is 13.2 Å². The van der Waals surface area contributed by atoms with Crippen LogP contribution in [-0.2, 0) is 16.1 Å². The molecule has 1 atom stereocenters. The largest absolute Gasteiger partial charge is 0.490 e. The molecule has 0 saturated carbocycles. The molecule has 0 amide bonds. The molecular formula is C21H24F4N4O3. The number of carboxylic acids is 1. The lowest BCUT2D eigenvalue weighted by molar-refractivity contribution is -0.192. The van der Waals surface area contributed by atoms with Crippen molar-refractivity contribution in [2.45, 2.75) is 31.2 Å². The maximum atomic E-state index is 13.1. The van der Waals surface area contributed by atoms with Crippen LogP contribution in [0.4, 0.5) is 23.5 Å². The number of carbonyl (C=O) groups is 1. The van der Waals surface area contributed by atoms with E-state index >= 15 is 0 Å². The van der Waals surface area contributed by atoms with Crippen LogP contribution in [0.3, 0.4) is 0 Å². The third-order valence-corrected chi connectivity index (χ3v) is 5.25. The predicted octanol–water partition coefficient (Wildman–Crippen LogP) is 3.12. The molecule has 1 aromatic heterocycles. The number of piperidine rings is 1. The summed E-state index contributed by atoms with van der Waals surface area (Å²) in [5.41, 5.74) is 1.14. The summed E-state index contributed by atoms with van der Waals surface area (Å²) in [4.78, 5) is 21.8. The number of nitrogens with zero attached hydrogens (tertiary/aromatic N) is 4. The number of carboxylic acid groups (broad SMARTS) is 1. The van der Waals surface area contributed by atoms with Gasteiger partial charge in [-0.25, -0.2) is 19.2 Å². The van der Waals surface area contributed by atoms with E-state index in [9.17, 15) is 17.6 Å². The van der Waals surface area contributed by atoms with Gasteiger partial charge in [0.05, 0.1) is 31.1 Å². The molecule has 1 aromatic carbocycles. The molecule has 2 fully saturated rings. The average molecular weight is 456 g/mol. The molecule has 1 unspecified atom stereocenters. The van der Waals surface area contributed by atoms with Gasteiger partial charge in [0.2, 0.25) is 5.95 Å². The first-order valence-corrected chi connectivity index (χ1v) is 10.1. The second-order valence-electron chi connectivity index (χ2n) is 7.76. The van der Waals surface area contributed by atoms with Crippen LogP contribution >= 0.6 is 0 Å². The Morgan fingerprint density at radius 1 is 1.12 bits per heavy atom. The Bertz CT molecular complexity index is 879. The van der Waals surface area contributed by atoms with Gasteiger partial charge in [-0.15, -0.1) is 0 Å². The smallest absolute Gasteiger partial charge is 0.475 e. The Morgan fingerprint density at radius 3 is 2.41 bits per heavy atom. The van der Waals surface area contributed by atoms with E-state index in [1.54, 1.807) is 0 Å². The lowest BCUT2D eigenvalue weighted by Crippen LogP contribution is -2.59. The fraction of sp³-hybridized carbons (Fsp3) is 0.476. The van der Waals surface area contributed by atoms with Gasteiger partial charge in [0.25, 0.3) is 0 Å². The minimum Gasteiger partial charge on any atom is -0.475 e. The highest BCUT2D eigenvalue weighted by molar-refractivity contribution is 5.73. The predicted molar refractivity (Wildman–Crippen MR) is 108 cm³/mol. The maximum absolute atomic E-state index is 13.1. The van der Waals surface area contributed by atoms with Gasteiger partial charge >= 0.3 is 12.1 Å². The van der Waals surface area contributed by atoms with Crippen molar-refractivity contribution in [3.05, 3.63) is 54.1 Å². The molecule has 7 nitrogen and oxygen atoms in total. The molecule has 2 saturated heterocycles. The number of hydrogen-bond donors (Lipinski definition) is 1. The van der Waals surface area contributed by atoms with Crippen molar-refractivity contribution in [2.75, 3.05) is 37.7 Å². The van der Waals surface area contributed by atoms with Crippen molar-refractivity contribution in [1.29, 1.82) is 0 Å². The fourth-order valence-electron chi connectivity index (χ4n) is 3.88. The van der Waals surface area contributed by atoms with E-state index in [2.05, 4.69) is 44.0 Å². The zero-order chi connectivity index (χ0) is 23.2. The van der Waals surface area contributed by atoms with Crippen LogP contribution < -0.4 is 4.90 Å². The minimum atomic E-state index is -5.08. The molecule has 2 aromatic rings. The van der Waals surface area contributed by atoms with Crippen LogP contribution in [-0.4, -0.2) is 70.5 Å². The molecule has 2 aliphatic heterocycles. The summed E-state index contributed by atoms with van der Waals surface area (Å²) in [6.07, 6.45) is -0.560. The summed E-state index contributed by atoms with van der Waals surface area (Å²) in [5.74, 6) is -2.57. The molecule has 11 heteroatoms. The molecule has 0 bridgehead atoms. The Hall–Kier alpha value is -2.79. The lowest BCUT2D eigenvalue weighted by atomic mass is 9.90. The Morgan fingerprint density at radius 2 is 1.78 bits per heavy atom. The standard InChI is InChI=1S/C19H23FN4O.C2HF3O2/c20-17-11-21-18(22-12-17)24-8-4-7-19(15-24)14-23(9-10-25-19)13-16-5-2-1-3-6-16;3-2(4,5)1(6)7/h1-3,5-6,11-12H,4,7-10,13-15H2;(H,6,7). The highest BCUT2D eigenvalue weighted by Crippen LogP contribution is 2.31. The average Bonchev–Trinajstić information content (AvgIpc) is 2.75. The van der Waals surface area contributed by atoms with Crippen molar-refractivity contribution in [3.8, 4) is 0 Å². The first-order valence-electron chi connectivity index (χ1n) is 10.1. The second-order valence-corrected chi connectivity index (χ2v) is 7.76. The van der Waals surface area contributed by atoms with Crippen LogP contribution in [0.25, 0.3) is 0 Å². The topological polar surface area (TPSA) is 78.8 Å². The van der Waals surface area contributed by atoms with Crippen LogP contribution in [0.15, 0.2) is 42.7 Å². The summed E-state index contributed by atoms with van der Waals surface area (Å²) >= 11 is 0. The van der Waals surface area contributed by atoms with Crippen LogP contribution in [0.5, 0.6) is 0 Å². The molecule has 0 radical (unpaired) electrons. The van der Waals surface area contributed by atoms with Crippen molar-refractivity contribution >= 4 is 11.9 Å². The first-order chi connectivity index (χ1) is 15.2. The third-order valence-electron chi connectivity index (χ3n) is 5.25. The normalized spacial score (nSPS) is 21.7. The molecule has 4 rings (SSSR count). The molecule has 1 spiro atoms. The second kappa shape index (κ2) is 10.2. The summed E-state index contributed by atoms with van der Waals surface area (Å²) in [6, 6.07) is 10.6. The molecule has 0 aliphatic carbocycles.